The zero-order valence-corrected chi connectivity index (χ0v) is 22.4. The number of amides is 1. The molecule has 1 N–H and O–H groups in total. The lowest BCUT2D eigenvalue weighted by Crippen LogP contribution is -2.07. The molecule has 0 atom stereocenters. The number of thioether (sulfide) groups is 1. The van der Waals surface area contributed by atoms with Crippen molar-refractivity contribution in [3.63, 3.8) is 0 Å². The Hall–Kier alpha value is -3.77. The Morgan fingerprint density at radius 3 is 2.57 bits per heavy atom. The van der Waals surface area contributed by atoms with Crippen molar-refractivity contribution in [1.29, 1.82) is 0 Å². The fourth-order valence-electron chi connectivity index (χ4n) is 3.88. The number of benzene rings is 3. The molecule has 1 amide bonds. The number of carbonyl (C=O) groups is 1. The molecule has 3 aromatic carbocycles. The third-order valence-electron chi connectivity index (χ3n) is 5.64. The van der Waals surface area contributed by atoms with Crippen molar-refractivity contribution in [2.24, 2.45) is 0 Å². The molecule has 1 heterocycles. The first-order chi connectivity index (χ1) is 18.0. The van der Waals surface area contributed by atoms with Gasteiger partial charge in [-0.15, -0.1) is 11.8 Å². The van der Waals surface area contributed by atoms with Crippen LogP contribution in [0, 0.1) is 0 Å². The van der Waals surface area contributed by atoms with Crippen molar-refractivity contribution in [3.8, 4) is 16.9 Å². The molecule has 190 valence electrons. The summed E-state index contributed by atoms with van der Waals surface area (Å²) in [5.41, 5.74) is 5.14. The fourth-order valence-corrected chi connectivity index (χ4v) is 4.76. The van der Waals surface area contributed by atoms with Gasteiger partial charge in [0.05, 0.1) is 12.4 Å². The molecule has 4 aromatic rings. The maximum atomic E-state index is 12.5. The van der Waals surface area contributed by atoms with Crippen molar-refractivity contribution in [2.45, 2.75) is 50.5 Å². The van der Waals surface area contributed by atoms with Gasteiger partial charge in [0.1, 0.15) is 5.75 Å². The van der Waals surface area contributed by atoms with E-state index in [1.807, 2.05) is 81.0 Å². The molecular formula is C31H33N3O2S. The fraction of sp³-hybridized carbons (Fsp3) is 0.226. The molecule has 0 aliphatic carbocycles. The lowest BCUT2D eigenvalue weighted by atomic mass is 10.0. The molecule has 6 heteroatoms. The van der Waals surface area contributed by atoms with E-state index in [4.69, 9.17) is 4.74 Å². The number of aryl methyl sites for hydroxylation is 1. The predicted molar refractivity (Wildman–Crippen MR) is 154 cm³/mol. The SMILES string of the molecule is CCCn1cncc1CSc1ccc(NC(=O)/C=C/c2cccc(-c3ccc(OC(C)C)cc3)c2)cc1. The van der Waals surface area contributed by atoms with Crippen molar-refractivity contribution < 1.29 is 9.53 Å². The topological polar surface area (TPSA) is 56.2 Å². The van der Waals surface area contributed by atoms with Crippen molar-refractivity contribution >= 4 is 29.4 Å². The van der Waals surface area contributed by atoms with Crippen LogP contribution in [-0.2, 0) is 17.1 Å². The van der Waals surface area contributed by atoms with E-state index in [2.05, 4.69) is 46.1 Å². The summed E-state index contributed by atoms with van der Waals surface area (Å²) in [6.07, 6.45) is 8.45. The molecule has 0 unspecified atom stereocenters. The number of aromatic nitrogens is 2. The monoisotopic (exact) mass is 511 g/mol. The van der Waals surface area contributed by atoms with E-state index in [-0.39, 0.29) is 12.0 Å². The summed E-state index contributed by atoms with van der Waals surface area (Å²) in [4.78, 5) is 17.9. The normalized spacial score (nSPS) is 11.2. The third kappa shape index (κ3) is 7.86. The Labute approximate surface area is 223 Å². The molecule has 37 heavy (non-hydrogen) atoms. The summed E-state index contributed by atoms with van der Waals surface area (Å²) in [7, 11) is 0. The molecular weight excluding hydrogens is 478 g/mol. The Morgan fingerprint density at radius 1 is 1.05 bits per heavy atom. The Balaban J connectivity index is 1.31. The Bertz CT molecular complexity index is 1330. The first-order valence-electron chi connectivity index (χ1n) is 12.6. The second-order valence-corrected chi connectivity index (χ2v) is 10.1. The van der Waals surface area contributed by atoms with Gasteiger partial charge in [0, 0.05) is 40.8 Å². The molecule has 1 aromatic heterocycles. The third-order valence-corrected chi connectivity index (χ3v) is 6.69. The number of nitrogens with one attached hydrogen (secondary N) is 1. The minimum atomic E-state index is -0.163. The van der Waals surface area contributed by atoms with Crippen LogP contribution in [0.15, 0.2) is 96.3 Å². The maximum Gasteiger partial charge on any atom is 0.248 e. The lowest BCUT2D eigenvalue weighted by molar-refractivity contribution is -0.111. The first kappa shape index (κ1) is 26.3. The average molecular weight is 512 g/mol. The summed E-state index contributed by atoms with van der Waals surface area (Å²) in [5, 5.41) is 2.94. The van der Waals surface area contributed by atoms with Gasteiger partial charge in [-0.05, 0) is 85.5 Å². The van der Waals surface area contributed by atoms with Gasteiger partial charge >= 0.3 is 0 Å². The van der Waals surface area contributed by atoms with Gasteiger partial charge in [-0.1, -0.05) is 37.3 Å². The minimum Gasteiger partial charge on any atom is -0.491 e. The number of hydrogen-bond acceptors (Lipinski definition) is 4. The van der Waals surface area contributed by atoms with Gasteiger partial charge < -0.3 is 14.6 Å². The maximum absolute atomic E-state index is 12.5. The molecule has 0 spiro atoms. The van der Waals surface area contributed by atoms with Gasteiger partial charge in [-0.25, -0.2) is 4.98 Å². The van der Waals surface area contributed by atoms with Crippen molar-refractivity contribution in [3.05, 3.63) is 103 Å². The van der Waals surface area contributed by atoms with Crippen LogP contribution in [0.1, 0.15) is 38.4 Å². The van der Waals surface area contributed by atoms with E-state index in [9.17, 15) is 4.79 Å². The quantitative estimate of drug-likeness (QED) is 0.166. The largest absolute Gasteiger partial charge is 0.491 e. The molecule has 0 bridgehead atoms. The van der Waals surface area contributed by atoms with Crippen LogP contribution < -0.4 is 10.1 Å². The van der Waals surface area contributed by atoms with E-state index in [0.717, 1.165) is 51.7 Å². The molecule has 0 aliphatic heterocycles. The van der Waals surface area contributed by atoms with Crippen molar-refractivity contribution in [2.75, 3.05) is 5.32 Å². The van der Waals surface area contributed by atoms with Crippen LogP contribution >= 0.6 is 11.8 Å². The van der Waals surface area contributed by atoms with E-state index < -0.39 is 0 Å². The molecule has 0 aliphatic rings. The molecule has 0 fully saturated rings. The molecule has 0 saturated carbocycles. The lowest BCUT2D eigenvalue weighted by Gasteiger charge is -2.10. The number of hydrogen-bond donors (Lipinski definition) is 1. The van der Waals surface area contributed by atoms with Gasteiger partial charge in [-0.2, -0.15) is 0 Å². The number of anilines is 1. The predicted octanol–water partition coefficient (Wildman–Crippen LogP) is 7.69. The van der Waals surface area contributed by atoms with Crippen LogP contribution in [0.25, 0.3) is 17.2 Å². The minimum absolute atomic E-state index is 0.147. The highest BCUT2D eigenvalue weighted by Gasteiger charge is 2.05. The second-order valence-electron chi connectivity index (χ2n) is 9.03. The number of ether oxygens (including phenoxy) is 1. The highest BCUT2D eigenvalue weighted by Crippen LogP contribution is 2.25. The summed E-state index contributed by atoms with van der Waals surface area (Å²) >= 11 is 1.76. The van der Waals surface area contributed by atoms with Crippen LogP contribution in [0.5, 0.6) is 5.75 Å². The molecule has 5 nitrogen and oxygen atoms in total. The summed E-state index contributed by atoms with van der Waals surface area (Å²) < 4.78 is 7.93. The second kappa shape index (κ2) is 13.0. The first-order valence-corrected chi connectivity index (χ1v) is 13.6. The Morgan fingerprint density at radius 2 is 1.84 bits per heavy atom. The van der Waals surface area contributed by atoms with Gasteiger partial charge in [0.25, 0.3) is 0 Å². The van der Waals surface area contributed by atoms with E-state index >= 15 is 0 Å². The molecule has 0 saturated heterocycles. The smallest absolute Gasteiger partial charge is 0.248 e. The number of nitrogens with zero attached hydrogens (tertiary/aromatic N) is 2. The summed E-state index contributed by atoms with van der Waals surface area (Å²) in [6, 6.07) is 24.1. The molecule has 4 rings (SSSR count). The Kier molecular flexibility index (Phi) is 9.22. The van der Waals surface area contributed by atoms with Crippen LogP contribution in [0.2, 0.25) is 0 Å². The standard InChI is InChI=1S/C31H33N3O2S/c1-4-18-34-22-32-20-28(34)21-37-30-15-11-27(12-16-30)33-31(35)17-8-24-6-5-7-26(19-24)25-9-13-29(14-10-25)36-23(2)3/h5-17,19-20,22-23H,4,18,21H2,1-3H3,(H,33,35)/b17-8+. The average Bonchev–Trinajstić information content (AvgIpc) is 3.34. The number of rotatable bonds is 11. The van der Waals surface area contributed by atoms with E-state index in [1.165, 1.54) is 5.69 Å². The van der Waals surface area contributed by atoms with Crippen LogP contribution in [0.3, 0.4) is 0 Å². The number of carbonyl (C=O) groups excluding carboxylic acids is 1. The van der Waals surface area contributed by atoms with E-state index in [1.54, 1.807) is 17.8 Å². The van der Waals surface area contributed by atoms with Crippen LogP contribution in [-0.4, -0.2) is 21.6 Å². The number of imidazole rings is 1. The van der Waals surface area contributed by atoms with Gasteiger partial charge in [-0.3, -0.25) is 4.79 Å². The van der Waals surface area contributed by atoms with Gasteiger partial charge in [0.2, 0.25) is 5.91 Å². The molecule has 0 radical (unpaired) electrons. The summed E-state index contributed by atoms with van der Waals surface area (Å²) in [6.45, 7) is 7.18. The van der Waals surface area contributed by atoms with Gasteiger partial charge in [0.15, 0.2) is 0 Å². The van der Waals surface area contributed by atoms with Crippen molar-refractivity contribution in [1.82, 2.24) is 9.55 Å². The summed E-state index contributed by atoms with van der Waals surface area (Å²) in [5.74, 6) is 1.56. The zero-order valence-electron chi connectivity index (χ0n) is 21.6. The zero-order chi connectivity index (χ0) is 26.0. The highest BCUT2D eigenvalue weighted by atomic mass is 32.2. The van der Waals surface area contributed by atoms with E-state index in [0.29, 0.717) is 0 Å². The highest BCUT2D eigenvalue weighted by molar-refractivity contribution is 7.98. The van der Waals surface area contributed by atoms with Crippen LogP contribution in [0.4, 0.5) is 5.69 Å².